The highest BCUT2D eigenvalue weighted by Gasteiger charge is 2.13. The zero-order valence-electron chi connectivity index (χ0n) is 9.43. The molecule has 0 aliphatic rings. The molecular formula is C11H14BrCl2NOS. The van der Waals surface area contributed by atoms with Crippen LogP contribution in [0.1, 0.15) is 30.1 Å². The minimum absolute atomic E-state index is 0.148. The summed E-state index contributed by atoms with van der Waals surface area (Å²) < 4.78 is 0.981. The fourth-order valence-corrected chi connectivity index (χ4v) is 3.10. The molecule has 1 aromatic heterocycles. The maximum absolute atomic E-state index is 11.7. The first-order valence-corrected chi connectivity index (χ1v) is 8.03. The number of carbonyl (C=O) groups is 1. The quantitative estimate of drug-likeness (QED) is 0.584. The Hall–Kier alpha value is 0.230. The Labute approximate surface area is 124 Å². The van der Waals surface area contributed by atoms with Crippen LogP contribution in [0.15, 0.2) is 6.07 Å². The van der Waals surface area contributed by atoms with E-state index in [-0.39, 0.29) is 5.91 Å². The van der Waals surface area contributed by atoms with Crippen LogP contribution in [-0.2, 0) is 0 Å². The fourth-order valence-electron chi connectivity index (χ4n) is 1.32. The maximum Gasteiger partial charge on any atom is 0.253 e. The zero-order chi connectivity index (χ0) is 12.8. The molecule has 0 fully saturated rings. The molecule has 17 heavy (non-hydrogen) atoms. The van der Waals surface area contributed by atoms with Gasteiger partial charge in [-0.2, -0.15) is 0 Å². The summed E-state index contributed by atoms with van der Waals surface area (Å²) in [5.41, 5.74) is 0.468. The Balaban J connectivity index is 2.33. The van der Waals surface area contributed by atoms with Crippen molar-refractivity contribution in [1.29, 1.82) is 0 Å². The molecule has 0 spiro atoms. The Morgan fingerprint density at radius 1 is 1.59 bits per heavy atom. The summed E-state index contributed by atoms with van der Waals surface area (Å²) >= 11 is 16.3. The van der Waals surface area contributed by atoms with Crippen LogP contribution in [0.25, 0.3) is 0 Å². The van der Waals surface area contributed by atoms with Crippen molar-refractivity contribution in [3.8, 4) is 0 Å². The molecule has 0 saturated heterocycles. The molecule has 1 heterocycles. The normalized spacial score (nSPS) is 12.5. The summed E-state index contributed by atoms with van der Waals surface area (Å²) in [5, 5.41) is 3.83. The smallest absolute Gasteiger partial charge is 0.253 e. The van der Waals surface area contributed by atoms with Gasteiger partial charge in [-0.3, -0.25) is 4.79 Å². The van der Waals surface area contributed by atoms with Crippen molar-refractivity contribution < 1.29 is 4.79 Å². The van der Waals surface area contributed by atoms with Gasteiger partial charge in [0.15, 0.2) is 0 Å². The first kappa shape index (κ1) is 15.3. The summed E-state index contributed by atoms with van der Waals surface area (Å²) in [7, 11) is 0. The van der Waals surface area contributed by atoms with E-state index in [1.807, 2.05) is 0 Å². The predicted octanol–water partition coefficient (Wildman–Crippen LogP) is 4.60. The van der Waals surface area contributed by atoms with Crippen molar-refractivity contribution in [1.82, 2.24) is 5.32 Å². The molecule has 6 heteroatoms. The Morgan fingerprint density at radius 3 is 2.82 bits per heavy atom. The van der Waals surface area contributed by atoms with Gasteiger partial charge in [0.1, 0.15) is 4.34 Å². The van der Waals surface area contributed by atoms with Gasteiger partial charge in [0.25, 0.3) is 5.91 Å². The van der Waals surface area contributed by atoms with Crippen molar-refractivity contribution in [3.05, 3.63) is 20.3 Å². The monoisotopic (exact) mass is 357 g/mol. The van der Waals surface area contributed by atoms with Crippen molar-refractivity contribution >= 4 is 56.4 Å². The first-order chi connectivity index (χ1) is 8.04. The van der Waals surface area contributed by atoms with E-state index < -0.39 is 0 Å². The topological polar surface area (TPSA) is 29.1 Å². The SMILES string of the molecule is CC(CBr)CCCNC(=O)c1cc(Cl)sc1Cl. The number of rotatable bonds is 6. The molecule has 0 radical (unpaired) electrons. The molecule has 0 bridgehead atoms. The van der Waals surface area contributed by atoms with Crippen LogP contribution in [0, 0.1) is 5.92 Å². The minimum atomic E-state index is -0.148. The molecule has 0 aromatic carbocycles. The molecule has 1 rings (SSSR count). The van der Waals surface area contributed by atoms with Gasteiger partial charge in [0, 0.05) is 11.9 Å². The molecule has 1 N–H and O–H groups in total. The third kappa shape index (κ3) is 5.16. The lowest BCUT2D eigenvalue weighted by Gasteiger charge is -2.07. The highest BCUT2D eigenvalue weighted by Crippen LogP contribution is 2.30. The van der Waals surface area contributed by atoms with E-state index in [2.05, 4.69) is 28.2 Å². The lowest BCUT2D eigenvalue weighted by molar-refractivity contribution is 0.0953. The average molecular weight is 359 g/mol. The van der Waals surface area contributed by atoms with Gasteiger partial charge >= 0.3 is 0 Å². The third-order valence-corrected chi connectivity index (χ3v) is 4.92. The fraction of sp³-hybridized carbons (Fsp3) is 0.545. The lowest BCUT2D eigenvalue weighted by atomic mass is 10.1. The van der Waals surface area contributed by atoms with E-state index in [0.29, 0.717) is 26.7 Å². The number of thiophene rings is 1. The van der Waals surface area contributed by atoms with E-state index in [0.717, 1.165) is 18.2 Å². The second-order valence-corrected chi connectivity index (χ2v) is 6.83. The standard InChI is InChI=1S/C11H14BrCl2NOS/c1-7(6-12)3-2-4-15-11(16)8-5-9(13)17-10(8)14/h5,7H,2-4,6H2,1H3,(H,15,16). The van der Waals surface area contributed by atoms with Crippen LogP contribution >= 0.6 is 50.5 Å². The molecule has 2 nitrogen and oxygen atoms in total. The van der Waals surface area contributed by atoms with Gasteiger partial charge in [-0.15, -0.1) is 11.3 Å². The Morgan fingerprint density at radius 2 is 2.29 bits per heavy atom. The summed E-state index contributed by atoms with van der Waals surface area (Å²) in [6, 6.07) is 1.60. The second-order valence-electron chi connectivity index (χ2n) is 3.90. The molecule has 0 aliphatic heterocycles. The second kappa shape index (κ2) is 7.62. The van der Waals surface area contributed by atoms with Crippen molar-refractivity contribution in [3.63, 3.8) is 0 Å². The average Bonchev–Trinajstić information content (AvgIpc) is 2.63. The number of halogens is 3. The van der Waals surface area contributed by atoms with E-state index in [1.165, 1.54) is 11.3 Å². The number of carbonyl (C=O) groups excluding carboxylic acids is 1. The van der Waals surface area contributed by atoms with Crippen LogP contribution in [-0.4, -0.2) is 17.8 Å². The van der Waals surface area contributed by atoms with Crippen molar-refractivity contribution in [2.24, 2.45) is 5.92 Å². The van der Waals surface area contributed by atoms with Crippen LogP contribution in [0.3, 0.4) is 0 Å². The molecular weight excluding hydrogens is 345 g/mol. The highest BCUT2D eigenvalue weighted by atomic mass is 79.9. The van der Waals surface area contributed by atoms with Crippen LogP contribution < -0.4 is 5.32 Å². The van der Waals surface area contributed by atoms with Crippen molar-refractivity contribution in [2.45, 2.75) is 19.8 Å². The molecule has 1 aromatic rings. The molecule has 0 aliphatic carbocycles. The highest BCUT2D eigenvalue weighted by molar-refractivity contribution is 9.09. The third-order valence-electron chi connectivity index (χ3n) is 2.32. The van der Waals surface area contributed by atoms with Crippen LogP contribution in [0.2, 0.25) is 8.67 Å². The van der Waals surface area contributed by atoms with E-state index in [1.54, 1.807) is 6.07 Å². The largest absolute Gasteiger partial charge is 0.352 e. The molecule has 1 atom stereocenters. The Kier molecular flexibility index (Phi) is 6.85. The number of alkyl halides is 1. The number of hydrogen-bond donors (Lipinski definition) is 1. The summed E-state index contributed by atoms with van der Waals surface area (Å²) in [6.45, 7) is 2.84. The lowest BCUT2D eigenvalue weighted by Crippen LogP contribution is -2.24. The molecule has 1 amide bonds. The van der Waals surface area contributed by atoms with E-state index in [9.17, 15) is 4.79 Å². The predicted molar refractivity (Wildman–Crippen MR) is 78.9 cm³/mol. The van der Waals surface area contributed by atoms with Gasteiger partial charge < -0.3 is 5.32 Å². The van der Waals surface area contributed by atoms with Crippen molar-refractivity contribution in [2.75, 3.05) is 11.9 Å². The molecule has 0 saturated carbocycles. The van der Waals surface area contributed by atoms with Crippen LogP contribution in [0.4, 0.5) is 0 Å². The van der Waals surface area contributed by atoms with Gasteiger partial charge in [0.05, 0.1) is 9.90 Å². The summed E-state index contributed by atoms with van der Waals surface area (Å²) in [4.78, 5) is 11.7. The van der Waals surface area contributed by atoms with Gasteiger partial charge in [-0.25, -0.2) is 0 Å². The van der Waals surface area contributed by atoms with Crippen LogP contribution in [0.5, 0.6) is 0 Å². The number of hydrogen-bond acceptors (Lipinski definition) is 2. The summed E-state index contributed by atoms with van der Waals surface area (Å²) in [6.07, 6.45) is 2.05. The number of nitrogens with one attached hydrogen (secondary N) is 1. The maximum atomic E-state index is 11.7. The number of amides is 1. The van der Waals surface area contributed by atoms with Gasteiger partial charge in [-0.05, 0) is 24.8 Å². The zero-order valence-corrected chi connectivity index (χ0v) is 13.3. The van der Waals surface area contributed by atoms with Gasteiger partial charge in [0.2, 0.25) is 0 Å². The molecule has 96 valence electrons. The van der Waals surface area contributed by atoms with E-state index in [4.69, 9.17) is 23.2 Å². The van der Waals surface area contributed by atoms with Gasteiger partial charge in [-0.1, -0.05) is 46.1 Å². The van der Waals surface area contributed by atoms with E-state index >= 15 is 0 Å². The molecule has 1 unspecified atom stereocenters. The minimum Gasteiger partial charge on any atom is -0.352 e. The first-order valence-electron chi connectivity index (χ1n) is 5.33. The Bertz CT molecular complexity index is 384. The summed E-state index contributed by atoms with van der Waals surface area (Å²) in [5.74, 6) is 0.482.